The molecule has 0 amide bonds. The maximum absolute atomic E-state index is 12.6. The van der Waals surface area contributed by atoms with Crippen LogP contribution >= 0.6 is 69.6 Å². The van der Waals surface area contributed by atoms with Crippen molar-refractivity contribution in [2.24, 2.45) is 0 Å². The predicted octanol–water partition coefficient (Wildman–Crippen LogP) is 9.04. The molecule has 11 aromatic rings. The second-order valence-corrected chi connectivity index (χ2v) is 30.1. The normalized spacial score (nSPS) is 11.6. The van der Waals surface area contributed by atoms with E-state index in [0.717, 1.165) is 66.1 Å². The van der Waals surface area contributed by atoms with Crippen LogP contribution in [-0.2, 0) is 75.9 Å². The third-order valence-electron chi connectivity index (χ3n) is 13.9. The maximum Gasteiger partial charge on any atom is 1.00 e. The van der Waals surface area contributed by atoms with Crippen molar-refractivity contribution in [1.82, 2.24) is 89.1 Å². The maximum atomic E-state index is 12.6. The standard InChI is InChI=1S/C19H23Cl2N5O4S.C17H18Cl2N4O.C14H14Cl2N2O2.C5H9N3O2S.C5H8N3O2S.C3H4N2.Li/c1-5-15-16(17(27)18-22-7-8-26(18)31(28,29)24(3)4)23-25(6-2)19(15)30-14-10-12(20)9-13(21)11-14;1-3-14-15(10-16-20-5-6-21-16)22-23(4-2)17(14)24-13-8-11(18)7-12(19)9-13;1-3-12-13(8-19)17-18(4-2)14(12)20-11-6-9(15)5-10(16)7-11;2*1-7(2)11(9,10)8-4-3-6-5-8;1-2-5-3-4-1;/h7-11,17,27H,5-6H2,1-4H3;5-9H,3-4,10H2,1-2H3,(H,20,21);5-8H,3-4H2,1-2H3;3-5H,1-2H3;3-4H,1-2H3;1-3H,(H,4,5);/q;;;;-1;;+1/t17-;;;;;;/m0....../s1. The Labute approximate surface area is 640 Å². The molecule has 3 N–H and O–H groups in total. The van der Waals surface area contributed by atoms with E-state index in [0.29, 0.717) is 109 Å². The molecule has 40 heteroatoms. The number of aromatic amines is 2. The summed E-state index contributed by atoms with van der Waals surface area (Å²) in [6, 6.07) is 15.0. The molecule has 8 aromatic heterocycles. The Morgan fingerprint density at radius 1 is 0.553 bits per heavy atom. The van der Waals surface area contributed by atoms with E-state index in [2.05, 4.69) is 63.4 Å². The molecule has 8 heterocycles. The number of ether oxygens (including phenoxy) is 3. The summed E-state index contributed by atoms with van der Waals surface area (Å²) in [5.74, 6) is 4.02. The number of aliphatic hydroxyl groups is 1. The van der Waals surface area contributed by atoms with E-state index >= 15 is 0 Å². The van der Waals surface area contributed by atoms with Crippen LogP contribution in [0.25, 0.3) is 0 Å². The van der Waals surface area contributed by atoms with Gasteiger partial charge in [0.2, 0.25) is 17.6 Å². The number of carbonyl (C=O) groups excluding carboxylic acids is 1. The molecule has 103 heavy (non-hydrogen) atoms. The average molecular weight is 1590 g/mol. The largest absolute Gasteiger partial charge is 1.00 e. The number of H-pyrrole nitrogens is 2. The van der Waals surface area contributed by atoms with Crippen molar-refractivity contribution in [3.8, 4) is 34.9 Å². The van der Waals surface area contributed by atoms with Gasteiger partial charge in [-0.25, -0.2) is 41.9 Å². The van der Waals surface area contributed by atoms with Crippen LogP contribution < -0.4 is 33.1 Å². The fraction of sp³-hybridized carbons (Fsp3) is 0.317. The SMILES string of the molecule is CCc1c(C=O)nn(CC)c1Oc1cc(Cl)cc(Cl)c1.CCc1c(Cc2ncc[nH]2)nn(CC)c1Oc1cc(Cl)cc(Cl)c1.CCc1c([C@H](O)c2nccn2S(=O)(=O)N(C)C)nn(CC)c1Oc1cc(Cl)cc(Cl)c1.CN(C)S(=O)(=O)n1[c-]ncc1.CN(C)S(=O)(=O)n1ccnc1.[Li+].c1c[nH]cn1. The van der Waals surface area contributed by atoms with Crippen LogP contribution in [0.4, 0.5) is 0 Å². The van der Waals surface area contributed by atoms with Crippen molar-refractivity contribution in [2.45, 2.75) is 93.0 Å². The van der Waals surface area contributed by atoms with Crippen molar-refractivity contribution in [1.29, 1.82) is 0 Å². The van der Waals surface area contributed by atoms with E-state index < -0.39 is 36.7 Å². The van der Waals surface area contributed by atoms with Crippen LogP contribution in [0.2, 0.25) is 30.1 Å². The first-order valence-corrected chi connectivity index (χ1v) is 37.3. The fourth-order valence-corrected chi connectivity index (χ4v) is 12.9. The molecule has 3 aromatic carbocycles. The molecule has 0 aliphatic rings. The van der Waals surface area contributed by atoms with Crippen molar-refractivity contribution in [3.63, 3.8) is 0 Å². The number of carbonyl (C=O) groups is 1. The summed E-state index contributed by atoms with van der Waals surface area (Å²) in [5.41, 5.74) is 4.06. The van der Waals surface area contributed by atoms with Crippen LogP contribution in [0.1, 0.15) is 97.9 Å². The van der Waals surface area contributed by atoms with Crippen molar-refractivity contribution < 1.29 is 68.2 Å². The number of rotatable bonds is 23. The Bertz CT molecular complexity index is 4660. The van der Waals surface area contributed by atoms with Gasteiger partial charge in [0.25, 0.3) is 10.2 Å². The van der Waals surface area contributed by atoms with E-state index in [4.69, 9.17) is 83.8 Å². The number of hydrogen-bond donors (Lipinski definition) is 3. The molecule has 0 radical (unpaired) electrons. The first-order valence-electron chi connectivity index (χ1n) is 30.8. The minimum absolute atomic E-state index is 0. The van der Waals surface area contributed by atoms with Gasteiger partial charge in [0.05, 0.1) is 18.4 Å². The minimum Gasteiger partial charge on any atom is -0.439 e. The van der Waals surface area contributed by atoms with Gasteiger partial charge in [0.1, 0.15) is 40.8 Å². The molecule has 0 aliphatic carbocycles. The van der Waals surface area contributed by atoms with Crippen LogP contribution in [0.3, 0.4) is 0 Å². The minimum atomic E-state index is -3.87. The van der Waals surface area contributed by atoms with Gasteiger partial charge in [-0.05, 0) is 94.6 Å². The van der Waals surface area contributed by atoms with Crippen LogP contribution in [0.15, 0.2) is 129 Å². The van der Waals surface area contributed by atoms with Gasteiger partial charge in [0.15, 0.2) is 18.2 Å². The predicted molar refractivity (Wildman–Crippen MR) is 390 cm³/mol. The molecule has 0 fully saturated rings. The third kappa shape index (κ3) is 23.2. The fourth-order valence-electron chi connectivity index (χ4n) is 8.94. The molecule has 11 rings (SSSR count). The summed E-state index contributed by atoms with van der Waals surface area (Å²) >= 11 is 36.2. The van der Waals surface area contributed by atoms with Gasteiger partial charge in [-0.15, -0.1) is 12.4 Å². The van der Waals surface area contributed by atoms with Gasteiger partial charge < -0.3 is 38.2 Å². The Balaban J connectivity index is 0.000000237. The quantitative estimate of drug-likeness (QED) is 0.0305. The van der Waals surface area contributed by atoms with E-state index in [-0.39, 0.29) is 30.4 Å². The molecule has 0 saturated heterocycles. The summed E-state index contributed by atoms with van der Waals surface area (Å²) in [7, 11) is -1.99. The number of aliphatic hydroxyl groups excluding tert-OH is 1. The van der Waals surface area contributed by atoms with Gasteiger partial charge in [-0.1, -0.05) is 90.4 Å². The number of benzene rings is 3. The molecule has 0 spiro atoms. The van der Waals surface area contributed by atoms with Crippen LogP contribution in [-0.4, -0.2) is 168 Å². The molecule has 550 valence electrons. The Hall–Kier alpha value is -7.56. The summed E-state index contributed by atoms with van der Waals surface area (Å²) in [5, 5.41) is 27.3. The number of halogens is 6. The summed E-state index contributed by atoms with van der Waals surface area (Å²) in [6.07, 6.45) is 22.2. The van der Waals surface area contributed by atoms with Gasteiger partial charge in [0, 0.05) is 165 Å². The third-order valence-corrected chi connectivity index (χ3v) is 20.2. The molecule has 0 saturated carbocycles. The molecular formula is C63H76Cl6LiN19O11S3. The Kier molecular flexibility index (Phi) is 33.5. The number of aldehydes is 1. The summed E-state index contributed by atoms with van der Waals surface area (Å²) in [6.45, 7) is 13.5. The summed E-state index contributed by atoms with van der Waals surface area (Å²) < 4.78 is 99.3. The molecule has 1 atom stereocenters. The number of hydrogen-bond acceptors (Lipinski definition) is 19. The average Bonchev–Trinajstić information content (AvgIpc) is 1.63. The number of nitrogens with zero attached hydrogens (tertiary/aromatic N) is 17. The molecule has 30 nitrogen and oxygen atoms in total. The van der Waals surface area contributed by atoms with E-state index in [1.165, 1.54) is 85.8 Å². The molecule has 0 bridgehead atoms. The first kappa shape index (κ1) is 86.1. The van der Waals surface area contributed by atoms with E-state index in [1.54, 1.807) is 88.9 Å². The smallest absolute Gasteiger partial charge is 0.439 e. The molecule has 0 unspecified atom stereocenters. The zero-order chi connectivity index (χ0) is 75.2. The van der Waals surface area contributed by atoms with Crippen molar-refractivity contribution in [3.05, 3.63) is 211 Å². The van der Waals surface area contributed by atoms with Gasteiger partial charge in [-0.2, -0.15) is 53.5 Å². The molecular weight excluding hydrogens is 1510 g/mol. The van der Waals surface area contributed by atoms with Crippen molar-refractivity contribution >= 4 is 107 Å². The van der Waals surface area contributed by atoms with E-state index in [1.807, 2.05) is 45.5 Å². The Morgan fingerprint density at radius 3 is 1.43 bits per heavy atom. The zero-order valence-corrected chi connectivity index (χ0v) is 65.3. The first-order chi connectivity index (χ1) is 48.4. The number of aryl methyl sites for hydroxylation is 3. The molecule has 0 aliphatic heterocycles. The second-order valence-electron chi connectivity index (χ2n) is 21.4. The zero-order valence-electron chi connectivity index (χ0n) is 58.4. The number of aromatic nitrogens is 16. The van der Waals surface area contributed by atoms with Gasteiger partial charge in [-0.3, -0.25) is 4.79 Å². The van der Waals surface area contributed by atoms with Gasteiger partial charge >= 0.3 is 39.3 Å². The van der Waals surface area contributed by atoms with Crippen molar-refractivity contribution in [2.75, 3.05) is 42.3 Å². The van der Waals surface area contributed by atoms with E-state index in [9.17, 15) is 35.2 Å². The topological polar surface area (TPSA) is 341 Å². The summed E-state index contributed by atoms with van der Waals surface area (Å²) in [4.78, 5) is 36.1. The number of nitrogens with one attached hydrogen (secondary N) is 2. The number of imidazole rings is 5. The van der Waals surface area contributed by atoms with Crippen LogP contribution in [0, 0.1) is 6.33 Å². The second kappa shape index (κ2) is 40.1. The monoisotopic (exact) mass is 1590 g/mol. The van der Waals surface area contributed by atoms with Crippen LogP contribution in [0.5, 0.6) is 34.9 Å². The Morgan fingerprint density at radius 2 is 1.04 bits per heavy atom.